The standard InChI is InChI=1S/C28H35F2N7O2/c29-25(30)26-31-20-4-1-2-5-21(20)37(26)24-16-23(35-10-14-39-15-11-35)33-27(34-24)32-22-17-28(22)8-3-9-36(18-28)19-6-12-38-13-7-19/h1-2,4-5,16,19,22,25H,3,6-15,17-18H2,(H,32,33,34). The van der Waals surface area contributed by atoms with Crippen LogP contribution in [0.15, 0.2) is 30.3 Å². The predicted molar refractivity (Wildman–Crippen MR) is 144 cm³/mol. The Morgan fingerprint density at radius 1 is 0.949 bits per heavy atom. The predicted octanol–water partition coefficient (Wildman–Crippen LogP) is 4.04. The highest BCUT2D eigenvalue weighted by Crippen LogP contribution is 2.54. The molecule has 11 heteroatoms. The zero-order valence-corrected chi connectivity index (χ0v) is 22.1. The van der Waals surface area contributed by atoms with Crippen molar-refractivity contribution in [1.29, 1.82) is 0 Å². The third-order valence-corrected chi connectivity index (χ3v) is 8.88. The van der Waals surface area contributed by atoms with Crippen LogP contribution in [0, 0.1) is 5.41 Å². The molecule has 5 heterocycles. The number of fused-ring (bicyclic) bond motifs is 1. The average molecular weight is 540 g/mol. The van der Waals surface area contributed by atoms with Crippen LogP contribution in [0.25, 0.3) is 16.9 Å². The highest BCUT2D eigenvalue weighted by molar-refractivity contribution is 5.78. The van der Waals surface area contributed by atoms with E-state index in [1.54, 1.807) is 24.3 Å². The Morgan fingerprint density at radius 3 is 2.54 bits per heavy atom. The Morgan fingerprint density at radius 2 is 1.72 bits per heavy atom. The van der Waals surface area contributed by atoms with E-state index >= 15 is 0 Å². The van der Waals surface area contributed by atoms with Crippen LogP contribution < -0.4 is 10.2 Å². The zero-order chi connectivity index (χ0) is 26.4. The molecular formula is C28H35F2N7O2. The van der Waals surface area contributed by atoms with Gasteiger partial charge in [-0.1, -0.05) is 12.1 Å². The highest BCUT2D eigenvalue weighted by Gasteiger charge is 2.56. The number of nitrogens with zero attached hydrogens (tertiary/aromatic N) is 6. The SMILES string of the molecule is FC(F)c1nc2ccccc2n1-c1cc(N2CCOCC2)nc(NC2CC23CCCN(C2CCOCC2)C3)n1. The number of benzene rings is 1. The molecule has 4 fully saturated rings. The van der Waals surface area contributed by atoms with E-state index < -0.39 is 6.43 Å². The van der Waals surface area contributed by atoms with Gasteiger partial charge in [0.1, 0.15) is 11.6 Å². The van der Waals surface area contributed by atoms with E-state index in [1.807, 2.05) is 6.07 Å². The summed E-state index contributed by atoms with van der Waals surface area (Å²) in [5, 5.41) is 3.63. The maximum atomic E-state index is 14.2. The first-order chi connectivity index (χ1) is 19.1. The van der Waals surface area contributed by atoms with Gasteiger partial charge in [-0.2, -0.15) is 9.97 Å². The number of likely N-dealkylation sites (tertiary alicyclic amines) is 1. The second kappa shape index (κ2) is 10.3. The molecule has 0 amide bonds. The number of morpholine rings is 1. The number of alkyl halides is 2. The Labute approximate surface area is 226 Å². The number of aromatic nitrogens is 4. The Kier molecular flexibility index (Phi) is 6.60. The van der Waals surface area contributed by atoms with E-state index in [2.05, 4.69) is 20.1 Å². The van der Waals surface area contributed by atoms with Crippen LogP contribution >= 0.6 is 0 Å². The fourth-order valence-electron chi connectivity index (χ4n) is 6.70. The van der Waals surface area contributed by atoms with Gasteiger partial charge in [-0.05, 0) is 50.8 Å². The maximum Gasteiger partial charge on any atom is 0.296 e. The number of anilines is 2. The van der Waals surface area contributed by atoms with Gasteiger partial charge in [-0.25, -0.2) is 13.8 Å². The van der Waals surface area contributed by atoms with E-state index in [1.165, 1.54) is 17.4 Å². The molecule has 1 aromatic carbocycles. The van der Waals surface area contributed by atoms with Gasteiger partial charge in [0.25, 0.3) is 6.43 Å². The van der Waals surface area contributed by atoms with E-state index in [9.17, 15) is 8.78 Å². The first-order valence-corrected chi connectivity index (χ1v) is 14.2. The number of piperidine rings is 1. The molecule has 0 radical (unpaired) electrons. The van der Waals surface area contributed by atoms with Crippen molar-refractivity contribution in [3.05, 3.63) is 36.2 Å². The van der Waals surface area contributed by atoms with Crippen molar-refractivity contribution in [3.63, 3.8) is 0 Å². The fourth-order valence-corrected chi connectivity index (χ4v) is 6.70. The molecular weight excluding hydrogens is 504 g/mol. The largest absolute Gasteiger partial charge is 0.381 e. The van der Waals surface area contributed by atoms with E-state index in [4.69, 9.17) is 19.4 Å². The molecule has 208 valence electrons. The number of rotatable bonds is 6. The lowest BCUT2D eigenvalue weighted by molar-refractivity contribution is 0.0140. The van der Waals surface area contributed by atoms with Gasteiger partial charge < -0.3 is 19.7 Å². The zero-order valence-electron chi connectivity index (χ0n) is 22.1. The summed E-state index contributed by atoms with van der Waals surface area (Å²) in [5.41, 5.74) is 1.34. The van der Waals surface area contributed by atoms with Gasteiger partial charge in [0.15, 0.2) is 5.82 Å². The van der Waals surface area contributed by atoms with Crippen LogP contribution in [-0.4, -0.2) is 89.1 Å². The lowest BCUT2D eigenvalue weighted by Crippen LogP contribution is -2.47. The number of halogens is 2. The second-order valence-corrected chi connectivity index (χ2v) is 11.3. The first-order valence-electron chi connectivity index (χ1n) is 14.2. The molecule has 2 aromatic heterocycles. The first kappa shape index (κ1) is 25.1. The van der Waals surface area contributed by atoms with Crippen molar-refractivity contribution in [2.45, 2.75) is 50.6 Å². The van der Waals surface area contributed by atoms with Gasteiger partial charge >= 0.3 is 0 Å². The van der Waals surface area contributed by atoms with Crippen LogP contribution in [0.4, 0.5) is 20.5 Å². The summed E-state index contributed by atoms with van der Waals surface area (Å²) in [5.74, 6) is 1.29. The average Bonchev–Trinajstić information content (AvgIpc) is 3.45. The van der Waals surface area contributed by atoms with Crippen LogP contribution in [0.3, 0.4) is 0 Å². The summed E-state index contributed by atoms with van der Waals surface area (Å²) in [6, 6.07) is 9.87. The minimum absolute atomic E-state index is 0.213. The molecule has 1 saturated carbocycles. The topological polar surface area (TPSA) is 80.6 Å². The Bertz CT molecular complexity index is 1320. The molecule has 9 nitrogen and oxygen atoms in total. The van der Waals surface area contributed by atoms with Crippen molar-refractivity contribution >= 4 is 22.8 Å². The van der Waals surface area contributed by atoms with Gasteiger partial charge in [0.2, 0.25) is 5.95 Å². The molecule has 3 aromatic rings. The molecule has 2 unspecified atom stereocenters. The molecule has 1 aliphatic carbocycles. The van der Waals surface area contributed by atoms with Crippen molar-refractivity contribution in [2.24, 2.45) is 5.41 Å². The van der Waals surface area contributed by atoms with Crippen LogP contribution in [-0.2, 0) is 9.47 Å². The van der Waals surface area contributed by atoms with E-state index in [0.29, 0.717) is 61.0 Å². The van der Waals surface area contributed by atoms with Crippen molar-refractivity contribution in [3.8, 4) is 5.82 Å². The molecule has 39 heavy (non-hydrogen) atoms. The van der Waals surface area contributed by atoms with E-state index in [-0.39, 0.29) is 17.3 Å². The van der Waals surface area contributed by atoms with Crippen molar-refractivity contribution < 1.29 is 18.3 Å². The number of hydrogen-bond acceptors (Lipinski definition) is 8. The second-order valence-electron chi connectivity index (χ2n) is 11.3. The fraction of sp³-hybridized carbons (Fsp3) is 0.607. The minimum atomic E-state index is -2.74. The molecule has 2 atom stereocenters. The van der Waals surface area contributed by atoms with Gasteiger partial charge in [0, 0.05) is 56.4 Å². The van der Waals surface area contributed by atoms with Gasteiger partial charge in [-0.3, -0.25) is 9.47 Å². The highest BCUT2D eigenvalue weighted by atomic mass is 19.3. The van der Waals surface area contributed by atoms with Crippen molar-refractivity contribution in [2.75, 3.05) is 62.8 Å². The summed E-state index contributed by atoms with van der Waals surface area (Å²) in [6.07, 6.45) is 2.92. The van der Waals surface area contributed by atoms with Crippen molar-refractivity contribution in [1.82, 2.24) is 24.4 Å². The monoisotopic (exact) mass is 539 g/mol. The molecule has 3 saturated heterocycles. The summed E-state index contributed by atoms with van der Waals surface area (Å²) < 4.78 is 41.0. The maximum absolute atomic E-state index is 14.2. The molecule has 1 spiro atoms. The summed E-state index contributed by atoms with van der Waals surface area (Å²) in [4.78, 5) is 18.7. The lowest BCUT2D eigenvalue weighted by Gasteiger charge is -2.40. The van der Waals surface area contributed by atoms with Gasteiger partial charge in [-0.15, -0.1) is 0 Å². The van der Waals surface area contributed by atoms with Crippen LogP contribution in [0.1, 0.15) is 44.4 Å². The van der Waals surface area contributed by atoms with Gasteiger partial charge in [0.05, 0.1) is 24.2 Å². The smallest absolute Gasteiger partial charge is 0.296 e. The number of nitrogens with one attached hydrogen (secondary N) is 1. The number of hydrogen-bond donors (Lipinski definition) is 1. The molecule has 4 aliphatic rings. The Hall–Kier alpha value is -2.89. The van der Waals surface area contributed by atoms with Crippen LogP contribution in [0.5, 0.6) is 0 Å². The molecule has 0 bridgehead atoms. The molecule has 1 N–H and O–H groups in total. The number of imidazole rings is 1. The van der Waals surface area contributed by atoms with E-state index in [0.717, 1.165) is 45.6 Å². The summed E-state index contributed by atoms with van der Waals surface area (Å²) in [7, 11) is 0. The summed E-state index contributed by atoms with van der Waals surface area (Å²) in [6.45, 7) is 6.52. The number of ether oxygens (including phenoxy) is 2. The third kappa shape index (κ3) is 4.85. The number of para-hydroxylation sites is 2. The van der Waals surface area contributed by atoms with Crippen LogP contribution in [0.2, 0.25) is 0 Å². The Balaban J connectivity index is 1.20. The quantitative estimate of drug-likeness (QED) is 0.503. The third-order valence-electron chi connectivity index (χ3n) is 8.88. The lowest BCUT2D eigenvalue weighted by atomic mass is 9.91. The molecule has 3 aliphatic heterocycles. The summed E-state index contributed by atoms with van der Waals surface area (Å²) >= 11 is 0. The minimum Gasteiger partial charge on any atom is -0.381 e. The normalized spacial score (nSPS) is 26.5. The molecule has 7 rings (SSSR count).